The molecule has 1 atom stereocenters. The number of hydrogen-bond donors (Lipinski definition) is 1. The summed E-state index contributed by atoms with van der Waals surface area (Å²) in [6, 6.07) is 7.60. The average molecular weight is 326 g/mol. The molecule has 0 saturated heterocycles. The maximum absolute atomic E-state index is 12.4. The highest BCUT2D eigenvalue weighted by atomic mass is 16.3. The van der Waals surface area contributed by atoms with Gasteiger partial charge in [0.2, 0.25) is 0 Å². The fourth-order valence-electron chi connectivity index (χ4n) is 3.16. The SMILES string of the molecule is CC1=CC(C)=C(CCC(=O)c2ccc(C(C)CCO)cc2)C(=O)C1. The van der Waals surface area contributed by atoms with E-state index in [0.29, 0.717) is 24.8 Å². The zero-order valence-corrected chi connectivity index (χ0v) is 14.8. The van der Waals surface area contributed by atoms with Crippen molar-refractivity contribution in [2.24, 2.45) is 0 Å². The van der Waals surface area contributed by atoms with E-state index in [4.69, 9.17) is 5.11 Å². The van der Waals surface area contributed by atoms with Gasteiger partial charge in [-0.3, -0.25) is 9.59 Å². The van der Waals surface area contributed by atoms with Crippen LogP contribution in [-0.2, 0) is 4.79 Å². The van der Waals surface area contributed by atoms with Crippen molar-refractivity contribution in [3.63, 3.8) is 0 Å². The summed E-state index contributed by atoms with van der Waals surface area (Å²) < 4.78 is 0. The third-order valence-corrected chi connectivity index (χ3v) is 4.68. The molecular formula is C21H26O3. The molecular weight excluding hydrogens is 300 g/mol. The number of aliphatic hydroxyl groups is 1. The number of aliphatic hydroxyl groups excluding tert-OH is 1. The van der Waals surface area contributed by atoms with Crippen LogP contribution in [0.3, 0.4) is 0 Å². The number of carbonyl (C=O) groups is 2. The Hall–Kier alpha value is -2.00. The number of carbonyl (C=O) groups excluding carboxylic acids is 2. The molecule has 0 fully saturated rings. The lowest BCUT2D eigenvalue weighted by atomic mass is 9.88. The molecule has 1 unspecified atom stereocenters. The van der Waals surface area contributed by atoms with E-state index in [1.807, 2.05) is 44.2 Å². The van der Waals surface area contributed by atoms with Crippen LogP contribution in [0.1, 0.15) is 68.3 Å². The fourth-order valence-corrected chi connectivity index (χ4v) is 3.16. The molecule has 0 bridgehead atoms. The van der Waals surface area contributed by atoms with Gasteiger partial charge in [0.25, 0.3) is 0 Å². The van der Waals surface area contributed by atoms with Gasteiger partial charge in [-0.15, -0.1) is 0 Å². The Labute approximate surface area is 144 Å². The minimum atomic E-state index is 0.0655. The zero-order chi connectivity index (χ0) is 17.7. The molecule has 1 aromatic rings. The monoisotopic (exact) mass is 326 g/mol. The molecule has 128 valence electrons. The van der Waals surface area contributed by atoms with Crippen LogP contribution in [0.25, 0.3) is 0 Å². The summed E-state index contributed by atoms with van der Waals surface area (Å²) in [5, 5.41) is 9.00. The molecule has 0 saturated carbocycles. The first-order chi connectivity index (χ1) is 11.4. The number of rotatable bonds is 7. The van der Waals surface area contributed by atoms with Crippen LogP contribution in [0.4, 0.5) is 0 Å². The number of Topliss-reactive ketones (excluding diaryl/α,β-unsaturated/α-hetero) is 2. The first-order valence-electron chi connectivity index (χ1n) is 8.56. The topological polar surface area (TPSA) is 54.4 Å². The second-order valence-corrected chi connectivity index (χ2v) is 6.71. The number of ketones is 2. The van der Waals surface area contributed by atoms with Crippen LogP contribution in [0, 0.1) is 0 Å². The van der Waals surface area contributed by atoms with Gasteiger partial charge in [-0.05, 0) is 49.3 Å². The molecule has 0 aliphatic heterocycles. The quantitative estimate of drug-likeness (QED) is 0.757. The molecule has 3 nitrogen and oxygen atoms in total. The number of allylic oxidation sites excluding steroid dienone is 4. The van der Waals surface area contributed by atoms with E-state index in [1.54, 1.807) is 0 Å². The number of hydrogen-bond acceptors (Lipinski definition) is 3. The van der Waals surface area contributed by atoms with E-state index in [2.05, 4.69) is 6.92 Å². The fraction of sp³-hybridized carbons (Fsp3) is 0.429. The van der Waals surface area contributed by atoms with Gasteiger partial charge >= 0.3 is 0 Å². The van der Waals surface area contributed by atoms with Crippen LogP contribution < -0.4 is 0 Å². The van der Waals surface area contributed by atoms with Crippen molar-refractivity contribution < 1.29 is 14.7 Å². The van der Waals surface area contributed by atoms with Crippen LogP contribution in [0.15, 0.2) is 47.1 Å². The van der Waals surface area contributed by atoms with Crippen molar-refractivity contribution >= 4 is 11.6 Å². The van der Waals surface area contributed by atoms with Crippen molar-refractivity contribution in [3.05, 3.63) is 58.2 Å². The van der Waals surface area contributed by atoms with E-state index >= 15 is 0 Å². The van der Waals surface area contributed by atoms with E-state index in [0.717, 1.165) is 28.7 Å². The largest absolute Gasteiger partial charge is 0.396 e. The van der Waals surface area contributed by atoms with Crippen LogP contribution in [0.2, 0.25) is 0 Å². The highest BCUT2D eigenvalue weighted by molar-refractivity contribution is 6.01. The van der Waals surface area contributed by atoms with Crippen molar-refractivity contribution in [3.8, 4) is 0 Å². The Kier molecular flexibility index (Phi) is 6.27. The molecule has 0 spiro atoms. The lowest BCUT2D eigenvalue weighted by Crippen LogP contribution is -2.11. The summed E-state index contributed by atoms with van der Waals surface area (Å²) in [7, 11) is 0. The van der Waals surface area contributed by atoms with Crippen molar-refractivity contribution in [1.82, 2.24) is 0 Å². The maximum atomic E-state index is 12.4. The third kappa shape index (κ3) is 4.51. The third-order valence-electron chi connectivity index (χ3n) is 4.68. The van der Waals surface area contributed by atoms with Crippen LogP contribution in [0.5, 0.6) is 0 Å². The summed E-state index contributed by atoms with van der Waals surface area (Å²) in [5.74, 6) is 0.492. The van der Waals surface area contributed by atoms with Gasteiger partial charge in [0, 0.05) is 25.0 Å². The van der Waals surface area contributed by atoms with Gasteiger partial charge in [-0.25, -0.2) is 0 Å². The molecule has 2 rings (SSSR count). The Balaban J connectivity index is 2.00. The normalized spacial score (nSPS) is 16.2. The smallest absolute Gasteiger partial charge is 0.163 e. The van der Waals surface area contributed by atoms with E-state index in [-0.39, 0.29) is 24.1 Å². The Morgan fingerprint density at radius 2 is 1.88 bits per heavy atom. The van der Waals surface area contributed by atoms with Crippen molar-refractivity contribution in [2.45, 2.75) is 52.4 Å². The van der Waals surface area contributed by atoms with E-state index < -0.39 is 0 Å². The van der Waals surface area contributed by atoms with E-state index in [9.17, 15) is 9.59 Å². The van der Waals surface area contributed by atoms with Gasteiger partial charge < -0.3 is 5.11 Å². The van der Waals surface area contributed by atoms with Crippen LogP contribution in [-0.4, -0.2) is 23.3 Å². The van der Waals surface area contributed by atoms with Gasteiger partial charge in [-0.1, -0.05) is 42.8 Å². The molecule has 1 N–H and O–H groups in total. The Bertz CT molecular complexity index is 678. The second-order valence-electron chi connectivity index (χ2n) is 6.71. The summed E-state index contributed by atoms with van der Waals surface area (Å²) >= 11 is 0. The Morgan fingerprint density at radius 3 is 2.46 bits per heavy atom. The predicted molar refractivity (Wildman–Crippen MR) is 96.2 cm³/mol. The highest BCUT2D eigenvalue weighted by Crippen LogP contribution is 2.25. The van der Waals surface area contributed by atoms with Crippen molar-refractivity contribution in [1.29, 1.82) is 0 Å². The minimum Gasteiger partial charge on any atom is -0.396 e. The predicted octanol–water partition coefficient (Wildman–Crippen LogP) is 4.37. The summed E-state index contributed by atoms with van der Waals surface area (Å²) in [6.45, 7) is 6.13. The average Bonchev–Trinajstić information content (AvgIpc) is 2.54. The molecule has 1 aliphatic carbocycles. The standard InChI is InChI=1S/C21H26O3/c1-14-12-16(3)19(21(24)13-14)8-9-20(23)18-6-4-17(5-7-18)15(2)10-11-22/h4-7,12,15,22H,8-11,13H2,1-3H3. The van der Waals surface area contributed by atoms with Crippen LogP contribution >= 0.6 is 0 Å². The first-order valence-corrected chi connectivity index (χ1v) is 8.56. The molecule has 0 amide bonds. The summed E-state index contributed by atoms with van der Waals surface area (Å²) in [6.07, 6.45) is 4.10. The molecule has 1 aliphatic rings. The maximum Gasteiger partial charge on any atom is 0.163 e. The lowest BCUT2D eigenvalue weighted by molar-refractivity contribution is -0.115. The molecule has 3 heteroatoms. The second kappa shape index (κ2) is 8.20. The Morgan fingerprint density at radius 1 is 1.21 bits per heavy atom. The van der Waals surface area contributed by atoms with Crippen molar-refractivity contribution in [2.75, 3.05) is 6.61 Å². The zero-order valence-electron chi connectivity index (χ0n) is 14.8. The van der Waals surface area contributed by atoms with Gasteiger partial charge in [0.15, 0.2) is 11.6 Å². The van der Waals surface area contributed by atoms with E-state index in [1.165, 1.54) is 0 Å². The molecule has 0 heterocycles. The minimum absolute atomic E-state index is 0.0655. The van der Waals surface area contributed by atoms with Gasteiger partial charge in [-0.2, -0.15) is 0 Å². The van der Waals surface area contributed by atoms with Gasteiger partial charge in [0.1, 0.15) is 0 Å². The summed E-state index contributed by atoms with van der Waals surface area (Å²) in [4.78, 5) is 24.5. The highest BCUT2D eigenvalue weighted by Gasteiger charge is 2.18. The summed E-state index contributed by atoms with van der Waals surface area (Å²) in [5.41, 5.74) is 4.68. The molecule has 1 aromatic carbocycles. The molecule has 0 radical (unpaired) electrons. The molecule has 24 heavy (non-hydrogen) atoms. The first kappa shape index (κ1) is 18.3. The van der Waals surface area contributed by atoms with Gasteiger partial charge in [0.05, 0.1) is 0 Å². The lowest BCUT2D eigenvalue weighted by Gasteiger charge is -2.15. The molecule has 0 aromatic heterocycles. The number of benzene rings is 1.